The molecule has 2 N–H and O–H groups in total. The molecule has 5 nitrogen and oxygen atoms in total. The standard InChI is InChI=1S/C17H30N4O/c1-5-18-17(19-12-9-13-22-4)20-14-15(2)21(3)16-10-7-6-8-11-16/h6-8,10-11,15H,5,9,12-14H2,1-4H3,(H2,18,19,20). The van der Waals surface area contributed by atoms with E-state index in [0.29, 0.717) is 6.04 Å². The molecule has 1 atom stereocenters. The Hall–Kier alpha value is -1.75. The molecule has 0 spiro atoms. The molecular weight excluding hydrogens is 276 g/mol. The fourth-order valence-electron chi connectivity index (χ4n) is 2.03. The lowest BCUT2D eigenvalue weighted by Crippen LogP contribution is -2.39. The maximum Gasteiger partial charge on any atom is 0.191 e. The number of rotatable bonds is 9. The molecule has 0 radical (unpaired) electrons. The number of likely N-dealkylation sites (N-methyl/N-ethyl adjacent to an activating group) is 1. The Morgan fingerprint density at radius 2 is 2.00 bits per heavy atom. The Morgan fingerprint density at radius 3 is 2.64 bits per heavy atom. The van der Waals surface area contributed by atoms with Gasteiger partial charge in [0.15, 0.2) is 5.96 Å². The highest BCUT2D eigenvalue weighted by Crippen LogP contribution is 2.13. The van der Waals surface area contributed by atoms with Crippen LogP contribution in [0.25, 0.3) is 0 Å². The van der Waals surface area contributed by atoms with Crippen molar-refractivity contribution >= 4 is 11.6 Å². The minimum absolute atomic E-state index is 0.330. The van der Waals surface area contributed by atoms with Crippen molar-refractivity contribution in [1.29, 1.82) is 0 Å². The first kappa shape index (κ1) is 18.3. The van der Waals surface area contributed by atoms with Gasteiger partial charge in [0.05, 0.1) is 6.54 Å². The van der Waals surface area contributed by atoms with Gasteiger partial charge in [-0.3, -0.25) is 4.99 Å². The van der Waals surface area contributed by atoms with E-state index in [1.165, 1.54) is 5.69 Å². The normalized spacial score (nSPS) is 12.8. The summed E-state index contributed by atoms with van der Waals surface area (Å²) in [5.41, 5.74) is 1.21. The van der Waals surface area contributed by atoms with Crippen molar-refractivity contribution in [2.45, 2.75) is 26.3 Å². The number of anilines is 1. The third kappa shape index (κ3) is 6.80. The van der Waals surface area contributed by atoms with Gasteiger partial charge in [0.2, 0.25) is 0 Å². The van der Waals surface area contributed by atoms with Crippen LogP contribution in [0.3, 0.4) is 0 Å². The van der Waals surface area contributed by atoms with Gasteiger partial charge in [-0.2, -0.15) is 0 Å². The SMILES string of the molecule is CCNC(=NCC(C)N(C)c1ccccc1)NCCCOC. The number of ether oxygens (including phenoxy) is 1. The molecule has 0 saturated heterocycles. The molecule has 0 bridgehead atoms. The van der Waals surface area contributed by atoms with Crippen molar-refractivity contribution in [3.05, 3.63) is 30.3 Å². The summed E-state index contributed by atoms with van der Waals surface area (Å²) >= 11 is 0. The van der Waals surface area contributed by atoms with Crippen molar-refractivity contribution in [3.8, 4) is 0 Å². The van der Waals surface area contributed by atoms with Crippen LogP contribution in [0, 0.1) is 0 Å². The quantitative estimate of drug-likeness (QED) is 0.417. The summed E-state index contributed by atoms with van der Waals surface area (Å²) in [6, 6.07) is 10.7. The lowest BCUT2D eigenvalue weighted by atomic mass is 10.2. The molecular formula is C17H30N4O. The molecule has 0 fully saturated rings. The van der Waals surface area contributed by atoms with Crippen LogP contribution in [-0.2, 0) is 4.74 Å². The van der Waals surface area contributed by atoms with Crippen molar-refractivity contribution in [3.63, 3.8) is 0 Å². The van der Waals surface area contributed by atoms with Gasteiger partial charge >= 0.3 is 0 Å². The Bertz CT molecular complexity index is 422. The molecule has 1 aromatic rings. The average Bonchev–Trinajstić information content (AvgIpc) is 2.56. The highest BCUT2D eigenvalue weighted by Gasteiger charge is 2.09. The van der Waals surface area contributed by atoms with Gasteiger partial charge in [-0.25, -0.2) is 0 Å². The van der Waals surface area contributed by atoms with E-state index in [4.69, 9.17) is 4.74 Å². The zero-order chi connectivity index (χ0) is 16.2. The van der Waals surface area contributed by atoms with E-state index in [9.17, 15) is 0 Å². The molecule has 0 aliphatic carbocycles. The molecule has 0 saturated carbocycles. The Morgan fingerprint density at radius 1 is 1.27 bits per heavy atom. The Kier molecular flexibility index (Phi) is 9.07. The summed E-state index contributed by atoms with van der Waals surface area (Å²) in [7, 11) is 3.83. The molecule has 0 heterocycles. The van der Waals surface area contributed by atoms with Gasteiger partial charge in [-0.05, 0) is 32.4 Å². The van der Waals surface area contributed by atoms with Crippen LogP contribution in [0.1, 0.15) is 20.3 Å². The van der Waals surface area contributed by atoms with Crippen molar-refractivity contribution in [1.82, 2.24) is 10.6 Å². The number of aliphatic imine (C=N–C) groups is 1. The summed E-state index contributed by atoms with van der Waals surface area (Å²) in [5, 5.41) is 6.60. The highest BCUT2D eigenvalue weighted by atomic mass is 16.5. The van der Waals surface area contributed by atoms with Gasteiger partial charge in [0, 0.05) is 45.6 Å². The van der Waals surface area contributed by atoms with E-state index in [1.807, 2.05) is 6.07 Å². The number of hydrogen-bond acceptors (Lipinski definition) is 3. The highest BCUT2D eigenvalue weighted by molar-refractivity contribution is 5.79. The van der Waals surface area contributed by atoms with Crippen molar-refractivity contribution < 1.29 is 4.74 Å². The minimum Gasteiger partial charge on any atom is -0.385 e. The smallest absolute Gasteiger partial charge is 0.191 e. The second-order valence-corrected chi connectivity index (χ2v) is 5.29. The predicted octanol–water partition coefficient (Wildman–Crippen LogP) is 2.10. The second kappa shape index (κ2) is 10.9. The lowest BCUT2D eigenvalue weighted by molar-refractivity contribution is 0.195. The summed E-state index contributed by atoms with van der Waals surface area (Å²) in [6.07, 6.45) is 0.973. The molecule has 5 heteroatoms. The molecule has 0 aromatic heterocycles. The van der Waals surface area contributed by atoms with Crippen LogP contribution in [0.4, 0.5) is 5.69 Å². The fraction of sp³-hybridized carbons (Fsp3) is 0.588. The van der Waals surface area contributed by atoms with Crippen LogP contribution in [0.2, 0.25) is 0 Å². The molecule has 0 amide bonds. The van der Waals surface area contributed by atoms with Crippen molar-refractivity contribution in [2.75, 3.05) is 45.3 Å². The number of methoxy groups -OCH3 is 1. The van der Waals surface area contributed by atoms with Crippen LogP contribution < -0.4 is 15.5 Å². The van der Waals surface area contributed by atoms with Crippen LogP contribution >= 0.6 is 0 Å². The molecule has 1 unspecified atom stereocenters. The monoisotopic (exact) mass is 306 g/mol. The largest absolute Gasteiger partial charge is 0.385 e. The molecule has 22 heavy (non-hydrogen) atoms. The van der Waals surface area contributed by atoms with E-state index < -0.39 is 0 Å². The van der Waals surface area contributed by atoms with Gasteiger partial charge in [-0.1, -0.05) is 18.2 Å². The second-order valence-electron chi connectivity index (χ2n) is 5.29. The molecule has 1 aromatic carbocycles. The van der Waals surface area contributed by atoms with E-state index >= 15 is 0 Å². The molecule has 0 aliphatic rings. The van der Waals surface area contributed by atoms with E-state index in [1.54, 1.807) is 7.11 Å². The molecule has 1 rings (SSSR count). The Labute approximate surface area is 134 Å². The maximum absolute atomic E-state index is 5.06. The summed E-state index contributed by atoms with van der Waals surface area (Å²) in [6.45, 7) is 7.49. The van der Waals surface area contributed by atoms with E-state index in [0.717, 1.165) is 38.6 Å². The number of hydrogen-bond donors (Lipinski definition) is 2. The zero-order valence-corrected chi connectivity index (χ0v) is 14.3. The van der Waals surface area contributed by atoms with E-state index in [-0.39, 0.29) is 0 Å². The first-order valence-electron chi connectivity index (χ1n) is 7.98. The maximum atomic E-state index is 5.06. The first-order valence-corrected chi connectivity index (χ1v) is 7.98. The lowest BCUT2D eigenvalue weighted by Gasteiger charge is -2.26. The van der Waals surface area contributed by atoms with Crippen molar-refractivity contribution in [2.24, 2.45) is 4.99 Å². The number of nitrogens with one attached hydrogen (secondary N) is 2. The van der Waals surface area contributed by atoms with Crippen LogP contribution in [0.5, 0.6) is 0 Å². The van der Waals surface area contributed by atoms with E-state index in [2.05, 4.69) is 65.7 Å². The van der Waals surface area contributed by atoms with Gasteiger partial charge in [-0.15, -0.1) is 0 Å². The van der Waals surface area contributed by atoms with Crippen LogP contribution in [0.15, 0.2) is 35.3 Å². The van der Waals surface area contributed by atoms with Crippen LogP contribution in [-0.4, -0.2) is 52.4 Å². The summed E-state index contributed by atoms with van der Waals surface area (Å²) < 4.78 is 5.06. The zero-order valence-electron chi connectivity index (χ0n) is 14.3. The number of para-hydroxylation sites is 1. The van der Waals surface area contributed by atoms with Gasteiger partial charge in [0.1, 0.15) is 0 Å². The first-order chi connectivity index (χ1) is 10.7. The van der Waals surface area contributed by atoms with Gasteiger partial charge < -0.3 is 20.3 Å². The third-order valence-corrected chi connectivity index (χ3v) is 3.50. The van der Waals surface area contributed by atoms with Gasteiger partial charge in [0.25, 0.3) is 0 Å². The number of nitrogens with zero attached hydrogens (tertiary/aromatic N) is 2. The Balaban J connectivity index is 2.49. The summed E-state index contributed by atoms with van der Waals surface area (Å²) in [4.78, 5) is 6.92. The minimum atomic E-state index is 0.330. The number of benzene rings is 1. The topological polar surface area (TPSA) is 48.9 Å². The number of guanidine groups is 1. The molecule has 124 valence electrons. The molecule has 0 aliphatic heterocycles. The average molecular weight is 306 g/mol. The third-order valence-electron chi connectivity index (χ3n) is 3.50. The fourth-order valence-corrected chi connectivity index (χ4v) is 2.03. The predicted molar refractivity (Wildman–Crippen MR) is 94.8 cm³/mol. The summed E-state index contributed by atoms with van der Waals surface area (Å²) in [5.74, 6) is 0.868.